The number of hydrogen-bond acceptors (Lipinski definition) is 2. The van der Waals surface area contributed by atoms with Crippen molar-refractivity contribution >= 4 is 29.3 Å². The molecule has 2 nitrogen and oxygen atoms in total. The first-order valence-electron chi connectivity index (χ1n) is 6.04. The number of rotatable bonds is 3. The lowest BCUT2D eigenvalue weighted by Crippen LogP contribution is -2.37. The van der Waals surface area contributed by atoms with Crippen LogP contribution in [-0.2, 0) is 0 Å². The molecule has 0 unspecified atom stereocenters. The Balaban J connectivity index is 1.73. The molecular weight excluding hydrogens is 248 g/mol. The van der Waals surface area contributed by atoms with Gasteiger partial charge < -0.3 is 10.0 Å². The summed E-state index contributed by atoms with van der Waals surface area (Å²) in [5.74, 6) is 0. The van der Waals surface area contributed by atoms with Crippen molar-refractivity contribution in [2.24, 2.45) is 0 Å². The summed E-state index contributed by atoms with van der Waals surface area (Å²) in [6.07, 6.45) is 5.14. The number of hydrogen-bond donors (Lipinski definition) is 2. The molecule has 1 saturated carbocycles. The molecule has 1 aliphatic rings. The average molecular weight is 266 g/mol. The van der Waals surface area contributed by atoms with Crippen molar-refractivity contribution in [1.29, 1.82) is 0 Å². The molecule has 1 aliphatic carbocycles. The van der Waals surface area contributed by atoms with Crippen molar-refractivity contribution in [3.05, 3.63) is 29.8 Å². The maximum Gasteiger partial charge on any atom is 0.176 e. The summed E-state index contributed by atoms with van der Waals surface area (Å²) in [5, 5.41) is 4.11. The third-order valence-electron chi connectivity index (χ3n) is 2.97. The smallest absolute Gasteiger partial charge is 0.176 e. The van der Waals surface area contributed by atoms with Crippen LogP contribution in [0.5, 0.6) is 0 Å². The number of aryl methyl sites for hydroxylation is 1. The first-order valence-corrected chi connectivity index (χ1v) is 7.26. The van der Waals surface area contributed by atoms with E-state index < -0.39 is 0 Å². The molecule has 92 valence electrons. The molecule has 0 heterocycles. The molecule has 0 amide bonds. The van der Waals surface area contributed by atoms with Crippen molar-refractivity contribution in [3.8, 4) is 0 Å². The maximum absolute atomic E-state index is 5.27. The molecule has 2 rings (SSSR count). The third kappa shape index (κ3) is 4.21. The molecule has 1 aromatic carbocycles. The topological polar surface area (TPSA) is 24.1 Å². The lowest BCUT2D eigenvalue weighted by molar-refractivity contribution is 0.630. The van der Waals surface area contributed by atoms with Gasteiger partial charge in [0.25, 0.3) is 0 Å². The predicted octanol–water partition coefficient (Wildman–Crippen LogP) is 3.41. The minimum atomic E-state index is 0.577. The van der Waals surface area contributed by atoms with Gasteiger partial charge in [-0.15, -0.1) is 0 Å². The van der Waals surface area contributed by atoms with Crippen LogP contribution in [-0.4, -0.2) is 11.2 Å². The Morgan fingerprint density at radius 3 is 2.53 bits per heavy atom. The van der Waals surface area contributed by atoms with Gasteiger partial charge in [-0.3, -0.25) is 0 Å². The highest BCUT2D eigenvalue weighted by Gasteiger charge is 2.15. The fraction of sp³-hybridized carbons (Fsp3) is 0.462. The van der Waals surface area contributed by atoms with Crippen LogP contribution in [0.15, 0.2) is 29.2 Å². The van der Waals surface area contributed by atoms with E-state index in [0.717, 1.165) is 5.11 Å². The lowest BCUT2D eigenvalue weighted by Gasteiger charge is -2.14. The Labute approximate surface area is 113 Å². The Morgan fingerprint density at radius 1 is 1.24 bits per heavy atom. The van der Waals surface area contributed by atoms with Crippen molar-refractivity contribution in [1.82, 2.24) is 10.0 Å². The van der Waals surface area contributed by atoms with Gasteiger partial charge in [-0.25, -0.2) is 0 Å². The van der Waals surface area contributed by atoms with Crippen LogP contribution in [0.4, 0.5) is 0 Å². The molecular formula is C13H18N2S2. The molecule has 4 heteroatoms. The fourth-order valence-corrected chi connectivity index (χ4v) is 2.83. The second kappa shape index (κ2) is 6.26. The van der Waals surface area contributed by atoms with Crippen molar-refractivity contribution in [3.63, 3.8) is 0 Å². The van der Waals surface area contributed by atoms with Crippen LogP contribution in [0.3, 0.4) is 0 Å². The lowest BCUT2D eigenvalue weighted by atomic mass is 10.2. The van der Waals surface area contributed by atoms with E-state index in [-0.39, 0.29) is 0 Å². The zero-order chi connectivity index (χ0) is 12.1. The molecule has 1 fully saturated rings. The van der Waals surface area contributed by atoms with E-state index >= 15 is 0 Å². The number of benzene rings is 1. The molecule has 0 aromatic heterocycles. The van der Waals surface area contributed by atoms with Gasteiger partial charge in [0.15, 0.2) is 5.11 Å². The number of thiocarbonyl (C=S) groups is 1. The molecule has 0 saturated heterocycles. The molecule has 0 atom stereocenters. The van der Waals surface area contributed by atoms with Gasteiger partial charge in [-0.05, 0) is 56.1 Å². The van der Waals surface area contributed by atoms with Crippen molar-refractivity contribution < 1.29 is 0 Å². The SMILES string of the molecule is Cc1ccc(SNC(=S)NC2CCCC2)cc1. The highest BCUT2D eigenvalue weighted by atomic mass is 32.2. The van der Waals surface area contributed by atoms with Gasteiger partial charge in [-0.2, -0.15) is 0 Å². The van der Waals surface area contributed by atoms with Crippen molar-refractivity contribution in [2.75, 3.05) is 0 Å². The van der Waals surface area contributed by atoms with Crippen LogP contribution in [0, 0.1) is 6.92 Å². The van der Waals surface area contributed by atoms with Crippen LogP contribution in [0.2, 0.25) is 0 Å². The molecule has 0 bridgehead atoms. The molecule has 1 aromatic rings. The summed E-state index contributed by atoms with van der Waals surface area (Å²) in [6.45, 7) is 2.09. The normalized spacial score (nSPS) is 15.8. The molecule has 0 spiro atoms. The Bertz CT molecular complexity index is 370. The van der Waals surface area contributed by atoms with Crippen molar-refractivity contribution in [2.45, 2.75) is 43.5 Å². The highest BCUT2D eigenvalue weighted by molar-refractivity contribution is 7.99. The monoisotopic (exact) mass is 266 g/mol. The number of nitrogens with one attached hydrogen (secondary N) is 2. The van der Waals surface area contributed by atoms with Crippen LogP contribution >= 0.6 is 24.2 Å². The second-order valence-corrected chi connectivity index (χ2v) is 5.76. The van der Waals surface area contributed by atoms with E-state index in [1.807, 2.05) is 0 Å². The van der Waals surface area contributed by atoms with E-state index in [0.29, 0.717) is 6.04 Å². The van der Waals surface area contributed by atoms with Crippen LogP contribution < -0.4 is 10.0 Å². The first-order chi connectivity index (χ1) is 8.24. The summed E-state index contributed by atoms with van der Waals surface area (Å²) in [4.78, 5) is 1.19. The fourth-order valence-electron chi connectivity index (χ4n) is 2.00. The Hall–Kier alpha value is -0.740. The van der Waals surface area contributed by atoms with Gasteiger partial charge in [0.1, 0.15) is 0 Å². The standard InChI is InChI=1S/C13H18N2S2/c1-10-6-8-12(9-7-10)17-15-13(16)14-11-4-2-3-5-11/h6-9,11H,2-5H2,1H3,(H2,14,15,16). The van der Waals surface area contributed by atoms with E-state index in [2.05, 4.69) is 41.2 Å². The third-order valence-corrected chi connectivity index (χ3v) is 4.14. The minimum Gasteiger partial charge on any atom is -0.359 e. The summed E-state index contributed by atoms with van der Waals surface area (Å²) in [7, 11) is 0. The largest absolute Gasteiger partial charge is 0.359 e. The van der Waals surface area contributed by atoms with E-state index in [1.54, 1.807) is 11.9 Å². The van der Waals surface area contributed by atoms with Gasteiger partial charge in [0, 0.05) is 10.9 Å². The van der Waals surface area contributed by atoms with Crippen LogP contribution in [0.1, 0.15) is 31.2 Å². The molecule has 0 aliphatic heterocycles. The summed E-state index contributed by atoms with van der Waals surface area (Å²) < 4.78 is 3.18. The Kier molecular flexibility index (Phi) is 4.68. The van der Waals surface area contributed by atoms with Gasteiger partial charge in [-0.1, -0.05) is 30.5 Å². The zero-order valence-electron chi connectivity index (χ0n) is 10.0. The summed E-state index contributed by atoms with van der Waals surface area (Å²) in [6, 6.07) is 9.00. The first kappa shape index (κ1) is 12.7. The maximum atomic E-state index is 5.27. The molecule has 2 N–H and O–H groups in total. The average Bonchev–Trinajstić information content (AvgIpc) is 2.81. The molecule has 17 heavy (non-hydrogen) atoms. The minimum absolute atomic E-state index is 0.577. The van der Waals surface area contributed by atoms with E-state index in [9.17, 15) is 0 Å². The summed E-state index contributed by atoms with van der Waals surface area (Å²) >= 11 is 6.84. The van der Waals surface area contributed by atoms with Gasteiger partial charge in [0.05, 0.1) is 0 Å². The molecule has 0 radical (unpaired) electrons. The van der Waals surface area contributed by atoms with Gasteiger partial charge in [0.2, 0.25) is 0 Å². The second-order valence-electron chi connectivity index (χ2n) is 4.47. The quantitative estimate of drug-likeness (QED) is 0.647. The van der Waals surface area contributed by atoms with Gasteiger partial charge >= 0.3 is 0 Å². The highest BCUT2D eigenvalue weighted by Crippen LogP contribution is 2.18. The van der Waals surface area contributed by atoms with Crippen LogP contribution in [0.25, 0.3) is 0 Å². The van der Waals surface area contributed by atoms with E-state index in [1.165, 1.54) is 36.1 Å². The van der Waals surface area contributed by atoms with E-state index in [4.69, 9.17) is 12.2 Å². The Morgan fingerprint density at radius 2 is 1.88 bits per heavy atom. The summed E-state index contributed by atoms with van der Waals surface area (Å²) in [5.41, 5.74) is 1.28. The predicted molar refractivity (Wildman–Crippen MR) is 78.2 cm³/mol. The zero-order valence-corrected chi connectivity index (χ0v) is 11.7.